The maximum Gasteiger partial charge on any atom is 0.489 e. The highest BCUT2D eigenvalue weighted by atomic mass is 79.9. The van der Waals surface area contributed by atoms with Crippen LogP contribution in [0.15, 0.2) is 188 Å². The molecule has 0 atom stereocenters. The van der Waals surface area contributed by atoms with Crippen LogP contribution in [0.3, 0.4) is 0 Å². The van der Waals surface area contributed by atoms with Crippen molar-refractivity contribution in [3.63, 3.8) is 0 Å². The minimum Gasteiger partial charge on any atom is -0.741 e. The maximum atomic E-state index is 11.6. The van der Waals surface area contributed by atoms with Crippen molar-refractivity contribution in [1.82, 2.24) is 9.97 Å². The van der Waals surface area contributed by atoms with Crippen molar-refractivity contribution in [2.75, 3.05) is 22.9 Å². The predicted octanol–water partition coefficient (Wildman–Crippen LogP) is 28.1. The number of alkyl halides is 3. The summed E-state index contributed by atoms with van der Waals surface area (Å²) in [5.41, 5.74) is 12.5. The first-order chi connectivity index (χ1) is 56.0. The number of fused-ring (bicyclic) bond motifs is 5. The van der Waals surface area contributed by atoms with Crippen molar-refractivity contribution in [1.29, 1.82) is 0 Å². The van der Waals surface area contributed by atoms with Gasteiger partial charge >= 0.3 is 12.6 Å². The molecule has 15 rings (SSSR count). The van der Waals surface area contributed by atoms with Crippen LogP contribution in [0.2, 0.25) is 50.2 Å². The lowest BCUT2D eigenvalue weighted by Gasteiger charge is -2.23. The normalized spacial score (nSPS) is 12.8. The molecular formula is C85H72BBrCl10F3N5O8S6. The number of hydrogen-bond acceptors (Lipinski definition) is 17. The van der Waals surface area contributed by atoms with E-state index in [2.05, 4.69) is 132 Å². The number of phenols is 1. The van der Waals surface area contributed by atoms with Gasteiger partial charge < -0.3 is 29.5 Å². The number of aromatic nitrogens is 3. The van der Waals surface area contributed by atoms with Gasteiger partial charge in [-0.15, -0.1) is 22.7 Å². The molecule has 2 aliphatic rings. The quantitative estimate of drug-likeness (QED) is 0.0386. The molecule has 2 aliphatic heterocycles. The van der Waals surface area contributed by atoms with Gasteiger partial charge in [0.25, 0.3) is 0 Å². The summed E-state index contributed by atoms with van der Waals surface area (Å²) in [6.07, 6.45) is 3.30. The van der Waals surface area contributed by atoms with Gasteiger partial charge in [0.1, 0.15) is 17.0 Å². The van der Waals surface area contributed by atoms with Crippen molar-refractivity contribution in [3.05, 3.63) is 266 Å². The molecule has 13 nitrogen and oxygen atoms in total. The Morgan fingerprint density at radius 1 is 0.504 bits per heavy atom. The Morgan fingerprint density at radius 2 is 0.866 bits per heavy atom. The Balaban J connectivity index is 0.000000162. The molecule has 622 valence electrons. The number of anilines is 2. The molecule has 10 aromatic carbocycles. The zero-order chi connectivity index (χ0) is 87.7. The van der Waals surface area contributed by atoms with Gasteiger partial charge in [0.2, 0.25) is 10.5 Å². The number of benzene rings is 10. The van der Waals surface area contributed by atoms with Gasteiger partial charge in [0, 0.05) is 131 Å². The Labute approximate surface area is 767 Å². The van der Waals surface area contributed by atoms with E-state index in [1.807, 2.05) is 85.5 Å². The van der Waals surface area contributed by atoms with E-state index in [9.17, 15) is 27.9 Å². The summed E-state index contributed by atoms with van der Waals surface area (Å²) in [5, 5.41) is 38.9. The van der Waals surface area contributed by atoms with E-state index >= 15 is 0 Å². The second kappa shape index (κ2) is 42.0. The maximum absolute atomic E-state index is 11.6. The largest absolute Gasteiger partial charge is 0.741 e. The monoisotopic (exact) mass is 1980 g/mol. The molecule has 0 unspecified atom stereocenters. The van der Waals surface area contributed by atoms with Gasteiger partial charge in [0.05, 0.1) is 67.5 Å². The summed E-state index contributed by atoms with van der Waals surface area (Å²) < 4.78 is 66.1. The smallest absolute Gasteiger partial charge is 0.489 e. The highest BCUT2D eigenvalue weighted by Gasteiger charge is 2.37. The summed E-state index contributed by atoms with van der Waals surface area (Å²) in [7, 11) is -7.63. The average molecular weight is 1990 g/mol. The number of carbonyl (C=O) groups is 2. The number of aryl methyl sites for hydroxylation is 8. The van der Waals surface area contributed by atoms with Crippen LogP contribution in [-0.2, 0) is 26.3 Å². The molecule has 0 amide bonds. The number of thioether (sulfide) groups is 2. The summed E-state index contributed by atoms with van der Waals surface area (Å²) in [4.78, 5) is 38.5. The topological polar surface area (TPSA) is 188 Å². The van der Waals surface area contributed by atoms with Crippen LogP contribution in [0, 0.1) is 48.5 Å². The lowest BCUT2D eigenvalue weighted by molar-refractivity contribution is -0.669. The highest BCUT2D eigenvalue weighted by molar-refractivity contribution is 9.10. The van der Waals surface area contributed by atoms with Gasteiger partial charge in [-0.25, -0.2) is 18.4 Å². The molecule has 0 bridgehead atoms. The zero-order valence-corrected chi connectivity index (χ0v) is 79.2. The first-order valence-corrected chi connectivity index (χ1v) is 45.8. The molecular weight excluding hydrogens is 1910 g/mol. The van der Waals surface area contributed by atoms with Crippen molar-refractivity contribution in [3.8, 4) is 50.3 Å². The first-order valence-electron chi connectivity index (χ1n) is 35.8. The van der Waals surface area contributed by atoms with Gasteiger partial charge in [0.15, 0.2) is 21.7 Å². The van der Waals surface area contributed by atoms with Gasteiger partial charge in [-0.3, -0.25) is 9.59 Å². The minimum absolute atomic E-state index is 0.0148. The number of rotatable bonds is 10. The molecule has 34 heteroatoms. The second-order valence-corrected chi connectivity index (χ2v) is 38.5. The van der Waals surface area contributed by atoms with Crippen LogP contribution in [0.4, 0.5) is 24.5 Å². The van der Waals surface area contributed by atoms with Crippen LogP contribution < -0.4 is 19.8 Å². The molecule has 0 saturated heterocycles. The fourth-order valence-corrected chi connectivity index (χ4v) is 20.9. The Kier molecular flexibility index (Phi) is 34.1. The standard InChI is InChI=1S/C19H17Cl2NOS.C18H15Cl2NO2S.C17H16Cl2NS.C15H11Cl2NS.C9H8BrNS.C6H5BCl2O2.CHF3O3S/c1-4-22-17(9-12(3)23)24-16-8-5-11(2)18(19(16)22)14-7-6-13(20)10-15(14)21;1-3-21-16(8-10(2)22)24-15-7-6-14(23)17(18(15)21)12-5-4-11(19)9-13(12)20;1-4-20-11(3)21-15-8-5-10(2)16(17(15)20)13-7-6-12(18)9-14(13)19;1-8-3-6-13-15(18-9(2)19-13)14(8)11-5-4-10(16)7-12(11)17;1-5-3-4-7-9(8(5)10)11-6(2)12-7;8-4-1-2-5(7(10)11)6(9)3-4;2-1(3,4)8(5,6)7/h5-10H,4H2,1-3H3;4-9,23H,3H2,1-2H3;5-9H,4H2,1-3H3;3-7H,1-2H3;3-4H,1-2H3;1-3,10-11H;(H,5,6,7)/q;;+1;;;;/p-1/b17-9-;16-8-;;;;;. The molecule has 0 saturated carbocycles. The number of halogens is 14. The summed E-state index contributed by atoms with van der Waals surface area (Å²) in [6, 6.07) is 47.1. The number of aromatic hydroxyl groups is 1. The van der Waals surface area contributed by atoms with Crippen LogP contribution >= 0.6 is 189 Å². The van der Waals surface area contributed by atoms with Crippen LogP contribution in [-0.4, -0.2) is 75.4 Å². The number of hydrogen-bond donors (Lipinski definition) is 3. The van der Waals surface area contributed by atoms with Crippen molar-refractivity contribution >= 4 is 266 Å². The third kappa shape index (κ3) is 23.7. The molecule has 0 aliphatic carbocycles. The fourth-order valence-electron chi connectivity index (χ4n) is 12.6. The van der Waals surface area contributed by atoms with Crippen LogP contribution in [0.25, 0.3) is 75.2 Å². The molecule has 0 spiro atoms. The van der Waals surface area contributed by atoms with Crippen molar-refractivity contribution < 1.29 is 55.5 Å². The molecule has 119 heavy (non-hydrogen) atoms. The number of phenolic OH excluding ortho intramolecular Hbond substituents is 1. The van der Waals surface area contributed by atoms with Crippen molar-refractivity contribution in [2.24, 2.45) is 0 Å². The molecule has 5 heterocycles. The van der Waals surface area contributed by atoms with Crippen LogP contribution in [0.1, 0.15) is 71.9 Å². The van der Waals surface area contributed by atoms with E-state index in [0.29, 0.717) is 62.9 Å². The van der Waals surface area contributed by atoms with E-state index in [1.165, 1.54) is 77.7 Å². The number of ketones is 2. The third-order valence-corrected chi connectivity index (χ3v) is 27.3. The zero-order valence-electron chi connectivity index (χ0n) is 65.1. The SMILES string of the molecule is CCN1/C(=C/C(C)=O)Sc2ccc(C)c(-c3ccc(Cl)cc3Cl)c21.CCN1/C(=C/C(C)=O)Sc2ccc(O)c(-c3ccc(Cl)cc3Cl)c21.CC[n+]1c(C)sc2ccc(C)c(-c3ccc(Cl)cc3Cl)c21.Cc1nc2c(-c3ccc(Cl)cc3Cl)c(C)ccc2s1.Cc1nc2c(Br)c(C)ccc2s1.O=S(=O)([O-])C(F)(F)F.OB(O)c1ccc(Cl)cc1Cl. The lowest BCUT2D eigenvalue weighted by Crippen LogP contribution is -2.33. The first kappa shape index (κ1) is 96.7. The molecule has 3 N–H and O–H groups in total. The number of carbonyl (C=O) groups excluding carboxylic acids is 2. The van der Waals surface area contributed by atoms with Crippen molar-refractivity contribution in [2.45, 2.75) is 105 Å². The Bertz CT molecular complexity index is 6090. The van der Waals surface area contributed by atoms with E-state index in [1.54, 1.807) is 96.0 Å². The van der Waals surface area contributed by atoms with E-state index in [0.717, 1.165) is 103 Å². The summed E-state index contributed by atoms with van der Waals surface area (Å²) in [5.74, 6) is 0.173. The molecule has 3 aromatic heterocycles. The number of nitrogens with zero attached hydrogens (tertiary/aromatic N) is 5. The van der Waals surface area contributed by atoms with Gasteiger partial charge in [-0.05, 0) is 211 Å². The summed E-state index contributed by atoms with van der Waals surface area (Å²) >= 11 is 72.8. The van der Waals surface area contributed by atoms with Gasteiger partial charge in [-0.2, -0.15) is 17.7 Å². The predicted molar refractivity (Wildman–Crippen MR) is 501 cm³/mol. The van der Waals surface area contributed by atoms with E-state index in [4.69, 9.17) is 139 Å². The Hall–Kier alpha value is -6.15. The highest BCUT2D eigenvalue weighted by Crippen LogP contribution is 2.56. The van der Waals surface area contributed by atoms with Gasteiger partial charge in [-0.1, -0.05) is 205 Å². The van der Waals surface area contributed by atoms with E-state index in [-0.39, 0.29) is 27.8 Å². The number of allylic oxidation sites excluding steroid dienone is 2. The average Bonchev–Trinajstić information content (AvgIpc) is 1.62. The van der Waals surface area contributed by atoms with E-state index < -0.39 is 22.7 Å². The molecule has 0 fully saturated rings. The molecule has 0 radical (unpaired) electrons. The summed E-state index contributed by atoms with van der Waals surface area (Å²) in [6.45, 7) is 26.3. The Morgan fingerprint density at radius 3 is 1.29 bits per heavy atom. The van der Waals surface area contributed by atoms with Crippen LogP contribution in [0.5, 0.6) is 5.75 Å². The third-order valence-electron chi connectivity index (χ3n) is 17.8. The fraction of sp³-hybridized carbons (Fsp3) is 0.188. The minimum atomic E-state index is -6.09. The number of thiazole rings is 3. The second-order valence-electron chi connectivity index (χ2n) is 26.3. The molecule has 13 aromatic rings. The lowest BCUT2D eigenvalue weighted by atomic mass is 9.80.